The average Bonchev–Trinajstić information content (AvgIpc) is 3.66. The number of aryl methyl sites for hydroxylation is 1. The van der Waals surface area contributed by atoms with Gasteiger partial charge in [-0.2, -0.15) is 22.6 Å². The molecule has 14 heteroatoms. The Bertz CT molecular complexity index is 1540. The highest BCUT2D eigenvalue weighted by atomic mass is 32.2. The number of carbonyl (C=O) groups is 1. The molecule has 0 unspecified atom stereocenters. The second kappa shape index (κ2) is 15.4. The molecular formula is C34H49F3N6O3S2. The number of rotatable bonds is 12. The zero-order valence-corrected chi connectivity index (χ0v) is 29.6. The van der Waals surface area contributed by atoms with Crippen LogP contribution in [0.4, 0.5) is 13.2 Å². The van der Waals surface area contributed by atoms with Crippen LogP contribution in [0.1, 0.15) is 81.0 Å². The molecule has 266 valence electrons. The Morgan fingerprint density at radius 2 is 1.75 bits per heavy atom. The summed E-state index contributed by atoms with van der Waals surface area (Å²) in [5.41, 5.74) is 2.22. The van der Waals surface area contributed by atoms with Crippen LogP contribution in [0.5, 0.6) is 0 Å². The smallest absolute Gasteiger partial charge is 0.340 e. The number of halogens is 3. The molecule has 1 aliphatic carbocycles. The molecule has 4 heterocycles. The summed E-state index contributed by atoms with van der Waals surface area (Å²) in [6.45, 7) is 5.44. The van der Waals surface area contributed by atoms with E-state index in [9.17, 15) is 26.4 Å². The molecule has 0 atom stereocenters. The molecule has 1 saturated carbocycles. The highest BCUT2D eigenvalue weighted by molar-refractivity contribution is 7.99. The number of thioether (sulfide) groups is 1. The van der Waals surface area contributed by atoms with E-state index < -0.39 is 21.8 Å². The molecule has 3 fully saturated rings. The summed E-state index contributed by atoms with van der Waals surface area (Å²) in [6, 6.07) is 5.00. The van der Waals surface area contributed by atoms with Gasteiger partial charge in [0, 0.05) is 98.2 Å². The molecule has 0 spiro atoms. The van der Waals surface area contributed by atoms with Gasteiger partial charge in [-0.05, 0) is 57.2 Å². The summed E-state index contributed by atoms with van der Waals surface area (Å²) < 4.78 is 70.8. The lowest BCUT2D eigenvalue weighted by atomic mass is 9.96. The summed E-state index contributed by atoms with van der Waals surface area (Å²) in [5.74, 6) is 0.802. The van der Waals surface area contributed by atoms with Crippen molar-refractivity contribution in [2.24, 2.45) is 0 Å². The molecular weight excluding hydrogens is 662 g/mol. The van der Waals surface area contributed by atoms with Gasteiger partial charge in [-0.25, -0.2) is 8.42 Å². The number of hydrogen-bond donors (Lipinski definition) is 1. The molecule has 2 saturated heterocycles. The molecule has 1 amide bonds. The first-order chi connectivity index (χ1) is 23.0. The van der Waals surface area contributed by atoms with Gasteiger partial charge in [0.05, 0.1) is 17.5 Å². The number of benzene rings is 1. The van der Waals surface area contributed by atoms with E-state index >= 15 is 0 Å². The number of nitrogens with one attached hydrogen (secondary N) is 1. The Labute approximate surface area is 287 Å². The van der Waals surface area contributed by atoms with Crippen LogP contribution in [-0.4, -0.2) is 102 Å². The number of fused-ring (bicyclic) bond motifs is 1. The van der Waals surface area contributed by atoms with Crippen molar-refractivity contribution >= 4 is 27.7 Å². The highest BCUT2D eigenvalue weighted by Crippen LogP contribution is 2.40. The minimum Gasteiger partial charge on any atom is -0.340 e. The lowest BCUT2D eigenvalue weighted by Crippen LogP contribution is -2.45. The number of nitrogens with zero attached hydrogens (tertiary/aromatic N) is 5. The molecule has 1 N–H and O–H groups in total. The second-order valence-electron chi connectivity index (χ2n) is 13.8. The Morgan fingerprint density at radius 3 is 2.44 bits per heavy atom. The molecule has 1 aromatic carbocycles. The van der Waals surface area contributed by atoms with Crippen molar-refractivity contribution in [1.29, 1.82) is 0 Å². The van der Waals surface area contributed by atoms with Crippen molar-refractivity contribution in [2.45, 2.75) is 107 Å². The largest absolute Gasteiger partial charge is 0.417 e. The number of piperidine rings is 1. The third kappa shape index (κ3) is 8.59. The Morgan fingerprint density at radius 1 is 0.979 bits per heavy atom. The van der Waals surface area contributed by atoms with Crippen LogP contribution >= 0.6 is 11.8 Å². The molecule has 6 rings (SSSR count). The van der Waals surface area contributed by atoms with Crippen LogP contribution in [0, 0.1) is 0 Å². The maximum absolute atomic E-state index is 14.1. The minimum absolute atomic E-state index is 0.154. The van der Waals surface area contributed by atoms with E-state index in [1.807, 2.05) is 4.68 Å². The van der Waals surface area contributed by atoms with Crippen molar-refractivity contribution in [2.75, 3.05) is 51.3 Å². The molecule has 3 aliphatic heterocycles. The number of sulfonamides is 1. The maximum Gasteiger partial charge on any atom is 0.417 e. The van der Waals surface area contributed by atoms with Gasteiger partial charge in [0.1, 0.15) is 0 Å². The van der Waals surface area contributed by atoms with Crippen molar-refractivity contribution < 1.29 is 26.4 Å². The fourth-order valence-electron chi connectivity index (χ4n) is 7.87. The third-order valence-corrected chi connectivity index (χ3v) is 12.8. The lowest BCUT2D eigenvalue weighted by molar-refractivity contribution is -0.139. The molecule has 0 bridgehead atoms. The van der Waals surface area contributed by atoms with Crippen LogP contribution in [0.25, 0.3) is 11.3 Å². The van der Waals surface area contributed by atoms with E-state index in [0.29, 0.717) is 61.6 Å². The molecule has 2 aromatic rings. The van der Waals surface area contributed by atoms with Gasteiger partial charge in [-0.15, -0.1) is 11.8 Å². The van der Waals surface area contributed by atoms with Crippen molar-refractivity contribution in [1.82, 2.24) is 29.2 Å². The predicted octanol–water partition coefficient (Wildman–Crippen LogP) is 5.38. The first-order valence-electron chi connectivity index (χ1n) is 17.6. The Kier molecular flexibility index (Phi) is 11.5. The van der Waals surface area contributed by atoms with Gasteiger partial charge in [0.15, 0.2) is 0 Å². The van der Waals surface area contributed by atoms with Gasteiger partial charge in [0.25, 0.3) is 0 Å². The Hall–Kier alpha value is -2.13. The highest BCUT2D eigenvalue weighted by Gasteiger charge is 2.35. The second-order valence-corrected chi connectivity index (χ2v) is 16.9. The fraction of sp³-hybridized carbons (Fsp3) is 0.706. The van der Waals surface area contributed by atoms with E-state index in [0.717, 1.165) is 82.0 Å². The van der Waals surface area contributed by atoms with Gasteiger partial charge in [0.2, 0.25) is 15.9 Å². The molecule has 0 radical (unpaired) electrons. The van der Waals surface area contributed by atoms with Crippen molar-refractivity contribution in [3.8, 4) is 11.3 Å². The van der Waals surface area contributed by atoms with E-state index in [-0.39, 0.29) is 17.3 Å². The number of amides is 1. The number of alkyl halides is 3. The number of aromatic nitrogens is 2. The van der Waals surface area contributed by atoms with Crippen molar-refractivity contribution in [3.05, 3.63) is 35.0 Å². The summed E-state index contributed by atoms with van der Waals surface area (Å²) in [7, 11) is -3.46. The molecule has 1 aromatic heterocycles. The van der Waals surface area contributed by atoms with E-state index in [4.69, 9.17) is 5.10 Å². The lowest BCUT2D eigenvalue weighted by Gasteiger charge is -2.36. The summed E-state index contributed by atoms with van der Waals surface area (Å²) in [4.78, 5) is 16.9. The van der Waals surface area contributed by atoms with Crippen LogP contribution in [-0.2, 0) is 40.5 Å². The minimum atomic E-state index is -4.48. The average molecular weight is 711 g/mol. The number of carbonyl (C=O) groups excluding carboxylic acids is 1. The summed E-state index contributed by atoms with van der Waals surface area (Å²) in [6.07, 6.45) is 7.52. The topological polar surface area (TPSA) is 90.8 Å². The summed E-state index contributed by atoms with van der Waals surface area (Å²) in [5, 5.41) is 8.47. The van der Waals surface area contributed by atoms with Crippen LogP contribution < -0.4 is 5.32 Å². The fourth-order valence-corrected chi connectivity index (χ4v) is 9.65. The van der Waals surface area contributed by atoms with Crippen LogP contribution in [0.2, 0.25) is 0 Å². The monoisotopic (exact) mass is 710 g/mol. The zero-order chi connectivity index (χ0) is 33.9. The molecule has 48 heavy (non-hydrogen) atoms. The van der Waals surface area contributed by atoms with Crippen molar-refractivity contribution in [3.63, 3.8) is 0 Å². The van der Waals surface area contributed by atoms with Gasteiger partial charge in [-0.3, -0.25) is 9.48 Å². The SMILES string of the molecule is CS(=O)(=O)N1CCc2c(c(-c3ccc(C(F)(F)F)c(SCCNC4CCCCC4)c3)nn2CCCN2CCC(N3CCCC3=O)CC2)C1. The van der Waals surface area contributed by atoms with E-state index in [1.54, 1.807) is 6.07 Å². The standard InChI is InChI=1S/C34H49F3N6O3S2/c1-48(45,46)41-21-14-30-28(24-41)33(39-43(30)18-6-16-40-19-12-27(13-20-40)42-17-5-9-32(42)44)25-10-11-29(34(35,36)37)31(23-25)47-22-15-38-26-7-3-2-4-8-26/h10-11,23,26-27,38H,2-9,12-22,24H2,1H3. The van der Waals surface area contributed by atoms with Gasteiger partial charge < -0.3 is 15.1 Å². The molecule has 4 aliphatic rings. The van der Waals surface area contributed by atoms with E-state index in [1.165, 1.54) is 47.7 Å². The number of likely N-dealkylation sites (tertiary alicyclic amines) is 2. The Balaban J connectivity index is 1.16. The van der Waals surface area contributed by atoms with Gasteiger partial charge in [-0.1, -0.05) is 25.3 Å². The molecule has 9 nitrogen and oxygen atoms in total. The van der Waals surface area contributed by atoms with E-state index in [2.05, 4.69) is 15.1 Å². The quantitative estimate of drug-likeness (QED) is 0.234. The van der Waals surface area contributed by atoms with Gasteiger partial charge >= 0.3 is 6.18 Å². The van der Waals surface area contributed by atoms with Crippen LogP contribution in [0.15, 0.2) is 23.1 Å². The summed E-state index contributed by atoms with van der Waals surface area (Å²) >= 11 is 1.21. The predicted molar refractivity (Wildman–Crippen MR) is 182 cm³/mol. The van der Waals surface area contributed by atoms with Crippen LogP contribution in [0.3, 0.4) is 0 Å². The third-order valence-electron chi connectivity index (χ3n) is 10.5. The first-order valence-corrected chi connectivity index (χ1v) is 20.4. The maximum atomic E-state index is 14.1. The zero-order valence-electron chi connectivity index (χ0n) is 27.9. The first kappa shape index (κ1) is 35.7. The normalized spacial score (nSPS) is 20.9. The number of hydrogen-bond acceptors (Lipinski definition) is 7.